The zero-order valence-electron chi connectivity index (χ0n) is 15.4. The van der Waals surface area contributed by atoms with Crippen LogP contribution in [0, 0.1) is 6.92 Å². The summed E-state index contributed by atoms with van der Waals surface area (Å²) >= 11 is 5.75. The van der Waals surface area contributed by atoms with E-state index in [0.717, 1.165) is 23.4 Å². The van der Waals surface area contributed by atoms with Gasteiger partial charge in [0.1, 0.15) is 16.7 Å². The molecule has 0 spiro atoms. The molecule has 0 saturated carbocycles. The van der Waals surface area contributed by atoms with Gasteiger partial charge in [-0.25, -0.2) is 4.98 Å². The summed E-state index contributed by atoms with van der Waals surface area (Å²) in [5.74, 6) is -0.349. The van der Waals surface area contributed by atoms with Crippen molar-refractivity contribution in [1.29, 1.82) is 0 Å². The molecule has 1 amide bonds. The van der Waals surface area contributed by atoms with Crippen LogP contribution in [-0.2, 0) is 6.18 Å². The highest BCUT2D eigenvalue weighted by molar-refractivity contribution is 6.30. The fourth-order valence-corrected chi connectivity index (χ4v) is 3.63. The lowest BCUT2D eigenvalue weighted by Crippen LogP contribution is -2.43. The standard InChI is InChI=1S/C19H15ClF3N5O/c1-10-7-12(5-6-24-10)13-8-25-28-11(2)9-27(18(29)16(13)28)15-4-3-14(17(20)26-15)19(21,22)23/h3-8,11H,9H2,1-2H3/t11-/m0/s1. The third-order valence-electron chi connectivity index (χ3n) is 4.73. The Morgan fingerprint density at radius 2 is 2.00 bits per heavy atom. The zero-order chi connectivity index (χ0) is 20.9. The van der Waals surface area contributed by atoms with Crippen LogP contribution in [-0.4, -0.2) is 32.2 Å². The molecule has 0 unspecified atom stereocenters. The van der Waals surface area contributed by atoms with E-state index in [1.807, 2.05) is 19.9 Å². The van der Waals surface area contributed by atoms with E-state index in [-0.39, 0.29) is 18.4 Å². The molecule has 0 fully saturated rings. The first kappa shape index (κ1) is 19.4. The number of rotatable bonds is 2. The largest absolute Gasteiger partial charge is 0.419 e. The summed E-state index contributed by atoms with van der Waals surface area (Å²) in [5, 5.41) is 3.64. The van der Waals surface area contributed by atoms with Gasteiger partial charge in [0, 0.05) is 24.0 Å². The van der Waals surface area contributed by atoms with E-state index in [1.54, 1.807) is 23.1 Å². The summed E-state index contributed by atoms with van der Waals surface area (Å²) in [6.07, 6.45) is -1.37. The van der Waals surface area contributed by atoms with E-state index in [2.05, 4.69) is 15.1 Å². The summed E-state index contributed by atoms with van der Waals surface area (Å²) in [6, 6.07) is 5.39. The number of carbonyl (C=O) groups is 1. The predicted octanol–water partition coefficient (Wildman–Crippen LogP) is 4.54. The van der Waals surface area contributed by atoms with Crippen molar-refractivity contribution in [3.05, 3.63) is 58.8 Å². The van der Waals surface area contributed by atoms with Crippen molar-refractivity contribution in [3.63, 3.8) is 0 Å². The van der Waals surface area contributed by atoms with Crippen molar-refractivity contribution in [1.82, 2.24) is 19.7 Å². The molecule has 29 heavy (non-hydrogen) atoms. The van der Waals surface area contributed by atoms with Gasteiger partial charge in [-0.15, -0.1) is 0 Å². The molecule has 1 atom stereocenters. The van der Waals surface area contributed by atoms with Gasteiger partial charge in [-0.2, -0.15) is 18.3 Å². The van der Waals surface area contributed by atoms with Crippen molar-refractivity contribution in [2.24, 2.45) is 0 Å². The third kappa shape index (κ3) is 3.35. The number of fused-ring (bicyclic) bond motifs is 1. The molecule has 6 nitrogen and oxygen atoms in total. The van der Waals surface area contributed by atoms with E-state index >= 15 is 0 Å². The molecule has 1 aliphatic rings. The average molecular weight is 422 g/mol. The molecule has 0 N–H and O–H groups in total. The lowest BCUT2D eigenvalue weighted by molar-refractivity contribution is -0.137. The molecule has 0 saturated heterocycles. The molecule has 4 rings (SSSR count). The van der Waals surface area contributed by atoms with E-state index in [0.29, 0.717) is 11.3 Å². The highest BCUT2D eigenvalue weighted by Crippen LogP contribution is 2.36. The SMILES string of the molecule is Cc1cc(-c2cnn3c2C(=O)N(c2ccc(C(F)(F)F)c(Cl)n2)C[C@@H]3C)ccn1. The summed E-state index contributed by atoms with van der Waals surface area (Å²) in [7, 11) is 0. The number of halogens is 4. The number of carbonyl (C=O) groups excluding carboxylic acids is 1. The second-order valence-electron chi connectivity index (χ2n) is 6.81. The summed E-state index contributed by atoms with van der Waals surface area (Å²) in [5.41, 5.74) is 1.48. The van der Waals surface area contributed by atoms with Gasteiger partial charge in [-0.3, -0.25) is 19.4 Å². The minimum absolute atomic E-state index is 0.0594. The third-order valence-corrected chi connectivity index (χ3v) is 5.02. The second kappa shape index (κ2) is 6.84. The summed E-state index contributed by atoms with van der Waals surface area (Å²) in [4.78, 5) is 22.6. The van der Waals surface area contributed by atoms with Crippen molar-refractivity contribution < 1.29 is 18.0 Å². The van der Waals surface area contributed by atoms with E-state index in [9.17, 15) is 18.0 Å². The van der Waals surface area contributed by atoms with Crippen molar-refractivity contribution in [2.75, 3.05) is 11.4 Å². The maximum atomic E-state index is 13.2. The van der Waals surface area contributed by atoms with Gasteiger partial charge >= 0.3 is 6.18 Å². The second-order valence-corrected chi connectivity index (χ2v) is 7.17. The van der Waals surface area contributed by atoms with Crippen LogP contribution in [0.15, 0.2) is 36.7 Å². The summed E-state index contributed by atoms with van der Waals surface area (Å²) in [6.45, 7) is 3.91. The highest BCUT2D eigenvalue weighted by atomic mass is 35.5. The number of aryl methyl sites for hydroxylation is 1. The fraction of sp³-hybridized carbons (Fsp3) is 0.263. The van der Waals surface area contributed by atoms with Crippen LogP contribution in [0.4, 0.5) is 19.0 Å². The quantitative estimate of drug-likeness (QED) is 0.570. The molecule has 3 aromatic heterocycles. The number of aromatic nitrogens is 4. The van der Waals surface area contributed by atoms with Gasteiger partial charge in [0.05, 0.1) is 17.8 Å². The van der Waals surface area contributed by atoms with Crippen LogP contribution >= 0.6 is 11.6 Å². The smallest absolute Gasteiger partial charge is 0.289 e. The molecule has 150 valence electrons. The Hall–Kier alpha value is -2.94. The Balaban J connectivity index is 1.77. The van der Waals surface area contributed by atoms with Crippen molar-refractivity contribution >= 4 is 23.3 Å². The van der Waals surface area contributed by atoms with Crippen LogP contribution in [0.2, 0.25) is 5.15 Å². The van der Waals surface area contributed by atoms with Gasteiger partial charge in [-0.05, 0) is 43.7 Å². The van der Waals surface area contributed by atoms with E-state index in [1.165, 1.54) is 4.90 Å². The number of hydrogen-bond acceptors (Lipinski definition) is 4. The zero-order valence-corrected chi connectivity index (χ0v) is 16.2. The Labute approximate surface area is 168 Å². The molecule has 1 aliphatic heterocycles. The molecule has 0 aliphatic carbocycles. The van der Waals surface area contributed by atoms with Crippen LogP contribution in [0.25, 0.3) is 11.1 Å². The number of pyridine rings is 2. The molecular formula is C19H15ClF3N5O. The number of amides is 1. The molecule has 3 aromatic rings. The Kier molecular flexibility index (Phi) is 4.57. The van der Waals surface area contributed by atoms with Gasteiger partial charge in [-0.1, -0.05) is 11.6 Å². The Morgan fingerprint density at radius 3 is 2.66 bits per heavy atom. The number of anilines is 1. The normalized spacial score (nSPS) is 16.8. The van der Waals surface area contributed by atoms with Gasteiger partial charge < -0.3 is 0 Å². The van der Waals surface area contributed by atoms with Crippen LogP contribution in [0.3, 0.4) is 0 Å². The first-order chi connectivity index (χ1) is 13.7. The lowest BCUT2D eigenvalue weighted by Gasteiger charge is -2.31. The molecule has 4 heterocycles. The molecule has 0 bridgehead atoms. The molecular weight excluding hydrogens is 407 g/mol. The average Bonchev–Trinajstić information content (AvgIpc) is 3.09. The summed E-state index contributed by atoms with van der Waals surface area (Å²) < 4.78 is 40.5. The minimum Gasteiger partial charge on any atom is -0.289 e. The molecule has 0 aromatic carbocycles. The fourth-order valence-electron chi connectivity index (χ4n) is 3.37. The van der Waals surface area contributed by atoms with Gasteiger partial charge in [0.15, 0.2) is 0 Å². The van der Waals surface area contributed by atoms with Crippen molar-refractivity contribution in [2.45, 2.75) is 26.1 Å². The first-order valence-electron chi connectivity index (χ1n) is 8.73. The number of alkyl halides is 3. The lowest BCUT2D eigenvalue weighted by atomic mass is 10.0. The molecule has 10 heteroatoms. The highest BCUT2D eigenvalue weighted by Gasteiger charge is 2.37. The minimum atomic E-state index is -4.62. The Bertz CT molecular complexity index is 1110. The van der Waals surface area contributed by atoms with E-state index < -0.39 is 22.8 Å². The maximum Gasteiger partial charge on any atom is 0.419 e. The van der Waals surface area contributed by atoms with Gasteiger partial charge in [0.2, 0.25) is 0 Å². The topological polar surface area (TPSA) is 63.9 Å². The van der Waals surface area contributed by atoms with Crippen LogP contribution in [0.1, 0.15) is 34.7 Å². The van der Waals surface area contributed by atoms with Crippen LogP contribution < -0.4 is 4.90 Å². The van der Waals surface area contributed by atoms with E-state index in [4.69, 9.17) is 11.6 Å². The van der Waals surface area contributed by atoms with Gasteiger partial charge in [0.25, 0.3) is 5.91 Å². The monoisotopic (exact) mass is 421 g/mol. The Morgan fingerprint density at radius 1 is 1.24 bits per heavy atom. The van der Waals surface area contributed by atoms with Crippen LogP contribution in [0.5, 0.6) is 0 Å². The number of nitrogens with zero attached hydrogens (tertiary/aromatic N) is 5. The van der Waals surface area contributed by atoms with Crippen molar-refractivity contribution in [3.8, 4) is 11.1 Å². The first-order valence-corrected chi connectivity index (χ1v) is 9.10. The molecule has 0 radical (unpaired) electrons. The number of hydrogen-bond donors (Lipinski definition) is 0. The predicted molar refractivity (Wildman–Crippen MR) is 101 cm³/mol. The maximum absolute atomic E-state index is 13.2.